The third-order valence-electron chi connectivity index (χ3n) is 3.11. The molecule has 3 nitrogen and oxygen atoms in total. The number of hydrogen-bond acceptors (Lipinski definition) is 3. The Morgan fingerprint density at radius 2 is 1.68 bits per heavy atom. The molecule has 2 rings (SSSR count). The quantitative estimate of drug-likeness (QED) is 0.895. The molecule has 2 aromatic rings. The van der Waals surface area contributed by atoms with E-state index in [1.165, 1.54) is 12.7 Å². The first-order valence-electron chi connectivity index (χ1n) is 6.22. The molecule has 100 valence electrons. The van der Waals surface area contributed by atoms with Crippen molar-refractivity contribution in [1.82, 2.24) is 0 Å². The van der Waals surface area contributed by atoms with Crippen LogP contribution in [0, 0.1) is 0 Å². The van der Waals surface area contributed by atoms with E-state index in [9.17, 15) is 5.11 Å². The Labute approximate surface area is 113 Å². The summed E-state index contributed by atoms with van der Waals surface area (Å²) in [5, 5.41) is 10.1. The normalized spacial score (nSPS) is 10.2. The average molecular weight is 258 g/mol. The Morgan fingerprint density at radius 3 is 2.32 bits per heavy atom. The second-order valence-electron chi connectivity index (χ2n) is 4.32. The highest BCUT2D eigenvalue weighted by Crippen LogP contribution is 2.35. The molecular weight excluding hydrogens is 240 g/mol. The number of rotatable bonds is 5. The number of ether oxygens (including phenoxy) is 2. The summed E-state index contributed by atoms with van der Waals surface area (Å²) in [5.41, 5.74) is 2.07. The van der Waals surface area contributed by atoms with Gasteiger partial charge in [0, 0.05) is 11.6 Å². The van der Waals surface area contributed by atoms with Crippen LogP contribution in [0.3, 0.4) is 0 Å². The van der Waals surface area contributed by atoms with Crippen LogP contribution in [-0.2, 0) is 12.8 Å². The van der Waals surface area contributed by atoms with E-state index in [1.54, 1.807) is 13.2 Å². The van der Waals surface area contributed by atoms with Gasteiger partial charge in [0.25, 0.3) is 0 Å². The van der Waals surface area contributed by atoms with E-state index in [4.69, 9.17) is 9.47 Å². The van der Waals surface area contributed by atoms with Gasteiger partial charge in [0.05, 0.1) is 14.2 Å². The standard InChI is InChI=1S/C16H18O3/c1-18-14-10-13(16(17)15(11-14)19-2)9-8-12-6-4-3-5-7-12/h3-7,10-11,17H,8-9H2,1-2H3. The van der Waals surface area contributed by atoms with Crippen LogP contribution < -0.4 is 9.47 Å². The van der Waals surface area contributed by atoms with Crippen molar-refractivity contribution in [2.45, 2.75) is 12.8 Å². The Hall–Kier alpha value is -2.16. The first-order chi connectivity index (χ1) is 9.24. The van der Waals surface area contributed by atoms with Gasteiger partial charge >= 0.3 is 0 Å². The Morgan fingerprint density at radius 1 is 0.947 bits per heavy atom. The van der Waals surface area contributed by atoms with Gasteiger partial charge in [0.1, 0.15) is 5.75 Å². The van der Waals surface area contributed by atoms with Crippen molar-refractivity contribution in [3.05, 3.63) is 53.6 Å². The highest BCUT2D eigenvalue weighted by atomic mass is 16.5. The summed E-state index contributed by atoms with van der Waals surface area (Å²) in [4.78, 5) is 0. The van der Waals surface area contributed by atoms with E-state index in [1.807, 2.05) is 24.3 Å². The smallest absolute Gasteiger partial charge is 0.164 e. The van der Waals surface area contributed by atoms with Crippen molar-refractivity contribution in [2.24, 2.45) is 0 Å². The molecule has 1 N–H and O–H groups in total. The lowest BCUT2D eigenvalue weighted by molar-refractivity contribution is 0.361. The zero-order valence-electron chi connectivity index (χ0n) is 11.2. The van der Waals surface area contributed by atoms with E-state index in [2.05, 4.69) is 12.1 Å². The highest BCUT2D eigenvalue weighted by Gasteiger charge is 2.11. The fourth-order valence-corrected chi connectivity index (χ4v) is 2.03. The molecule has 0 aliphatic heterocycles. The predicted octanol–water partition coefficient (Wildman–Crippen LogP) is 3.19. The second kappa shape index (κ2) is 6.14. The summed E-state index contributed by atoms with van der Waals surface area (Å²) in [6.07, 6.45) is 1.61. The Bertz CT molecular complexity index is 535. The largest absolute Gasteiger partial charge is 0.504 e. The number of aromatic hydroxyl groups is 1. The molecule has 0 unspecified atom stereocenters. The number of phenolic OH excluding ortho intramolecular Hbond substituents is 1. The monoisotopic (exact) mass is 258 g/mol. The number of phenols is 1. The molecule has 0 aliphatic carbocycles. The minimum atomic E-state index is 0.194. The molecule has 0 fully saturated rings. The zero-order valence-corrected chi connectivity index (χ0v) is 11.2. The Balaban J connectivity index is 2.19. The molecule has 0 aliphatic rings. The summed E-state index contributed by atoms with van der Waals surface area (Å²) < 4.78 is 10.4. The minimum Gasteiger partial charge on any atom is -0.504 e. The van der Waals surface area contributed by atoms with Gasteiger partial charge in [0.15, 0.2) is 11.5 Å². The lowest BCUT2D eigenvalue weighted by Gasteiger charge is -2.11. The van der Waals surface area contributed by atoms with Gasteiger partial charge in [0.2, 0.25) is 0 Å². The third kappa shape index (κ3) is 3.19. The summed E-state index contributed by atoms with van der Waals surface area (Å²) in [6.45, 7) is 0. The lowest BCUT2D eigenvalue weighted by atomic mass is 10.0. The van der Waals surface area contributed by atoms with Gasteiger partial charge in [-0.15, -0.1) is 0 Å². The molecule has 3 heteroatoms. The molecule has 19 heavy (non-hydrogen) atoms. The van der Waals surface area contributed by atoms with Crippen LogP contribution in [0.2, 0.25) is 0 Å². The first-order valence-corrected chi connectivity index (χ1v) is 6.22. The Kier molecular flexibility index (Phi) is 4.29. The van der Waals surface area contributed by atoms with E-state index < -0.39 is 0 Å². The van der Waals surface area contributed by atoms with Gasteiger partial charge in [-0.1, -0.05) is 30.3 Å². The van der Waals surface area contributed by atoms with Crippen LogP contribution in [0.15, 0.2) is 42.5 Å². The van der Waals surface area contributed by atoms with E-state index in [0.29, 0.717) is 11.5 Å². The number of benzene rings is 2. The zero-order chi connectivity index (χ0) is 13.7. The van der Waals surface area contributed by atoms with Crippen molar-refractivity contribution in [2.75, 3.05) is 14.2 Å². The predicted molar refractivity (Wildman–Crippen MR) is 75.1 cm³/mol. The van der Waals surface area contributed by atoms with Crippen LogP contribution in [0.25, 0.3) is 0 Å². The molecule has 0 atom stereocenters. The molecular formula is C16H18O3. The van der Waals surface area contributed by atoms with Crippen LogP contribution in [0.1, 0.15) is 11.1 Å². The maximum absolute atomic E-state index is 10.1. The van der Waals surface area contributed by atoms with Gasteiger partial charge < -0.3 is 14.6 Å². The van der Waals surface area contributed by atoms with Gasteiger partial charge in [-0.3, -0.25) is 0 Å². The summed E-state index contributed by atoms with van der Waals surface area (Å²) in [5.74, 6) is 1.33. The molecule has 0 amide bonds. The van der Waals surface area contributed by atoms with Crippen molar-refractivity contribution in [3.8, 4) is 17.2 Å². The fourth-order valence-electron chi connectivity index (χ4n) is 2.03. The van der Waals surface area contributed by atoms with E-state index >= 15 is 0 Å². The van der Waals surface area contributed by atoms with Crippen molar-refractivity contribution in [3.63, 3.8) is 0 Å². The van der Waals surface area contributed by atoms with E-state index in [-0.39, 0.29) is 5.75 Å². The van der Waals surface area contributed by atoms with Gasteiger partial charge in [-0.2, -0.15) is 0 Å². The topological polar surface area (TPSA) is 38.7 Å². The van der Waals surface area contributed by atoms with E-state index in [0.717, 1.165) is 18.4 Å². The average Bonchev–Trinajstić information content (AvgIpc) is 2.47. The molecule has 2 aromatic carbocycles. The molecule has 0 spiro atoms. The fraction of sp³-hybridized carbons (Fsp3) is 0.250. The van der Waals surface area contributed by atoms with Crippen LogP contribution in [0.5, 0.6) is 17.2 Å². The molecule has 0 radical (unpaired) electrons. The molecule has 0 saturated heterocycles. The highest BCUT2D eigenvalue weighted by molar-refractivity contribution is 5.51. The van der Waals surface area contributed by atoms with Crippen molar-refractivity contribution >= 4 is 0 Å². The number of aryl methyl sites for hydroxylation is 2. The minimum absolute atomic E-state index is 0.194. The summed E-state index contributed by atoms with van der Waals surface area (Å²) in [7, 11) is 3.14. The van der Waals surface area contributed by atoms with Crippen LogP contribution in [-0.4, -0.2) is 19.3 Å². The second-order valence-corrected chi connectivity index (χ2v) is 4.32. The summed E-state index contributed by atoms with van der Waals surface area (Å²) >= 11 is 0. The number of methoxy groups -OCH3 is 2. The molecule has 0 heterocycles. The van der Waals surface area contributed by atoms with Gasteiger partial charge in [-0.25, -0.2) is 0 Å². The van der Waals surface area contributed by atoms with Gasteiger partial charge in [-0.05, 0) is 24.5 Å². The first kappa shape index (κ1) is 13.3. The molecule has 0 bridgehead atoms. The molecule has 0 saturated carbocycles. The maximum atomic E-state index is 10.1. The SMILES string of the molecule is COc1cc(CCc2ccccc2)c(O)c(OC)c1. The van der Waals surface area contributed by atoms with Crippen LogP contribution in [0.4, 0.5) is 0 Å². The number of hydrogen-bond donors (Lipinski definition) is 1. The van der Waals surface area contributed by atoms with Crippen molar-refractivity contribution < 1.29 is 14.6 Å². The lowest BCUT2D eigenvalue weighted by Crippen LogP contribution is -1.95. The maximum Gasteiger partial charge on any atom is 0.164 e. The molecule has 0 aromatic heterocycles. The van der Waals surface area contributed by atoms with Crippen molar-refractivity contribution in [1.29, 1.82) is 0 Å². The third-order valence-corrected chi connectivity index (χ3v) is 3.11. The van der Waals surface area contributed by atoms with Crippen LogP contribution >= 0.6 is 0 Å². The summed E-state index contributed by atoms with van der Waals surface area (Å²) in [6, 6.07) is 13.7.